The molecule has 1 heteroatoms. The average molecular weight is 191 g/mol. The Balaban J connectivity index is 4.70. The van der Waals surface area contributed by atoms with E-state index >= 15 is 0 Å². The molecular formula is C13H24B. The van der Waals surface area contributed by atoms with Crippen LogP contribution in [0, 0.1) is 5.92 Å². The molecule has 14 heavy (non-hydrogen) atoms. The summed E-state index contributed by atoms with van der Waals surface area (Å²) in [6.45, 7) is 13.3. The van der Waals surface area contributed by atoms with Crippen molar-refractivity contribution in [3.8, 4) is 0 Å². The van der Waals surface area contributed by atoms with Gasteiger partial charge in [-0.2, -0.15) is 0 Å². The third-order valence-corrected chi connectivity index (χ3v) is 2.43. The van der Waals surface area contributed by atoms with Gasteiger partial charge in [-0.3, -0.25) is 0 Å². The van der Waals surface area contributed by atoms with Gasteiger partial charge in [-0.1, -0.05) is 50.3 Å². The van der Waals surface area contributed by atoms with E-state index in [0.29, 0.717) is 0 Å². The first kappa shape index (κ1) is 13.5. The maximum Gasteiger partial charge on any atom is 0.148 e. The molecule has 0 heterocycles. The van der Waals surface area contributed by atoms with Gasteiger partial charge in [-0.25, -0.2) is 0 Å². The monoisotopic (exact) mass is 191 g/mol. The average Bonchev–Trinajstić information content (AvgIpc) is 2.10. The topological polar surface area (TPSA) is 0 Å². The highest BCUT2D eigenvalue weighted by Crippen LogP contribution is 2.19. The summed E-state index contributed by atoms with van der Waals surface area (Å²) in [5, 5.41) is 0. The van der Waals surface area contributed by atoms with Gasteiger partial charge in [0.15, 0.2) is 0 Å². The summed E-state index contributed by atoms with van der Waals surface area (Å²) in [6.07, 6.45) is 4.68. The Labute approximate surface area is 90.7 Å². The Morgan fingerprint density at radius 1 is 1.29 bits per heavy atom. The number of hydrogen-bond donors (Lipinski definition) is 0. The van der Waals surface area contributed by atoms with Crippen molar-refractivity contribution in [2.24, 2.45) is 5.92 Å². The molecule has 0 aromatic carbocycles. The zero-order chi connectivity index (χ0) is 11.1. The van der Waals surface area contributed by atoms with E-state index in [2.05, 4.69) is 54.8 Å². The van der Waals surface area contributed by atoms with Crippen LogP contribution in [-0.2, 0) is 0 Å². The predicted octanol–water partition coefficient (Wildman–Crippen LogP) is 4.42. The Kier molecular flexibility index (Phi) is 6.69. The Morgan fingerprint density at radius 3 is 2.14 bits per heavy atom. The Morgan fingerprint density at radius 2 is 1.86 bits per heavy atom. The molecule has 0 amide bonds. The van der Waals surface area contributed by atoms with Crippen LogP contribution < -0.4 is 0 Å². The molecule has 0 aliphatic carbocycles. The van der Waals surface area contributed by atoms with Crippen molar-refractivity contribution in [1.82, 2.24) is 0 Å². The highest BCUT2D eigenvalue weighted by Gasteiger charge is 2.03. The third kappa shape index (κ3) is 4.69. The van der Waals surface area contributed by atoms with Crippen molar-refractivity contribution in [1.29, 1.82) is 0 Å². The van der Waals surface area contributed by atoms with E-state index in [0.717, 1.165) is 12.3 Å². The summed E-state index contributed by atoms with van der Waals surface area (Å²) >= 11 is 0. The van der Waals surface area contributed by atoms with Crippen molar-refractivity contribution in [3.05, 3.63) is 22.7 Å². The molecule has 0 saturated carbocycles. The van der Waals surface area contributed by atoms with Crippen LogP contribution in [0.1, 0.15) is 47.5 Å². The summed E-state index contributed by atoms with van der Waals surface area (Å²) < 4.78 is 0. The molecule has 0 N–H and O–H groups in total. The molecule has 0 atom stereocenters. The van der Waals surface area contributed by atoms with Gasteiger partial charge in [0.25, 0.3) is 0 Å². The van der Waals surface area contributed by atoms with Crippen LogP contribution in [0.5, 0.6) is 0 Å². The van der Waals surface area contributed by atoms with E-state index in [1.807, 2.05) is 0 Å². The van der Waals surface area contributed by atoms with Crippen LogP contribution in [0.4, 0.5) is 0 Å². The highest BCUT2D eigenvalue weighted by molar-refractivity contribution is 6.45. The molecule has 0 aliphatic rings. The minimum absolute atomic E-state index is 0.750. The molecule has 0 aliphatic heterocycles. The summed E-state index contributed by atoms with van der Waals surface area (Å²) in [5.74, 6) is 0.750. The van der Waals surface area contributed by atoms with Gasteiger partial charge in [-0.15, -0.1) is 0 Å². The lowest BCUT2D eigenvalue weighted by atomic mass is 9.67. The number of hydrogen-bond acceptors (Lipinski definition) is 0. The van der Waals surface area contributed by atoms with Crippen LogP contribution in [0.25, 0.3) is 0 Å². The molecule has 0 unspecified atom stereocenters. The summed E-state index contributed by atoms with van der Waals surface area (Å²) in [6, 6.07) is 0. The molecule has 0 saturated heterocycles. The second-order valence-electron chi connectivity index (χ2n) is 4.41. The fraction of sp³-hybridized carbons (Fsp3) is 0.692. The largest absolute Gasteiger partial charge is 0.148 e. The molecule has 1 radical (unpaired) electrons. The molecule has 0 spiro atoms. The summed E-state index contributed by atoms with van der Waals surface area (Å²) in [7, 11) is 2.23. The van der Waals surface area contributed by atoms with Crippen LogP contribution in [0.15, 0.2) is 22.7 Å². The molecule has 79 valence electrons. The molecule has 0 rings (SSSR count). The normalized spacial score (nSPS) is 11.8. The van der Waals surface area contributed by atoms with Gasteiger partial charge in [0, 0.05) is 0 Å². The first-order valence-corrected chi connectivity index (χ1v) is 5.69. The minimum atomic E-state index is 0.750. The van der Waals surface area contributed by atoms with E-state index < -0.39 is 0 Å². The standard InChI is InChI=1S/C13H24B/c1-7-12(11(4)5)13(14-6)9-8-10(2)3/h9-10H,7-8H2,1-6H3/b13-9+. The molecular weight excluding hydrogens is 167 g/mol. The predicted molar refractivity (Wildman–Crippen MR) is 67.8 cm³/mol. The fourth-order valence-corrected chi connectivity index (χ4v) is 1.62. The van der Waals surface area contributed by atoms with E-state index in [9.17, 15) is 0 Å². The smallest absolute Gasteiger partial charge is 0.0903 e. The molecule has 0 fully saturated rings. The molecule has 0 aromatic heterocycles. The van der Waals surface area contributed by atoms with Crippen molar-refractivity contribution in [3.63, 3.8) is 0 Å². The maximum absolute atomic E-state index is 2.37. The van der Waals surface area contributed by atoms with Gasteiger partial charge in [0.1, 0.15) is 7.28 Å². The van der Waals surface area contributed by atoms with Gasteiger partial charge in [-0.05, 0) is 32.6 Å². The lowest BCUT2D eigenvalue weighted by Crippen LogP contribution is -1.99. The fourth-order valence-electron chi connectivity index (χ4n) is 1.62. The zero-order valence-corrected chi connectivity index (χ0v) is 10.6. The van der Waals surface area contributed by atoms with Gasteiger partial charge in [0.2, 0.25) is 0 Å². The second-order valence-corrected chi connectivity index (χ2v) is 4.41. The van der Waals surface area contributed by atoms with E-state index in [-0.39, 0.29) is 0 Å². The Bertz CT molecular complexity index is 217. The van der Waals surface area contributed by atoms with Gasteiger partial charge >= 0.3 is 0 Å². The van der Waals surface area contributed by atoms with E-state index in [4.69, 9.17) is 0 Å². The second kappa shape index (κ2) is 6.92. The summed E-state index contributed by atoms with van der Waals surface area (Å²) in [4.78, 5) is 0. The lowest BCUT2D eigenvalue weighted by Gasteiger charge is -2.11. The first-order chi connectivity index (χ1) is 6.52. The maximum atomic E-state index is 2.37. The zero-order valence-electron chi connectivity index (χ0n) is 10.6. The lowest BCUT2D eigenvalue weighted by molar-refractivity contribution is 0.662. The summed E-state index contributed by atoms with van der Waals surface area (Å²) in [5.41, 5.74) is 4.38. The molecule has 0 nitrogen and oxygen atoms in total. The molecule has 0 bridgehead atoms. The van der Waals surface area contributed by atoms with Crippen LogP contribution in [0.2, 0.25) is 6.82 Å². The quantitative estimate of drug-likeness (QED) is 0.445. The van der Waals surface area contributed by atoms with Gasteiger partial charge < -0.3 is 0 Å². The number of allylic oxidation sites excluding steroid dienone is 4. The number of rotatable bonds is 5. The van der Waals surface area contributed by atoms with Crippen LogP contribution in [0.3, 0.4) is 0 Å². The van der Waals surface area contributed by atoms with Crippen LogP contribution >= 0.6 is 0 Å². The van der Waals surface area contributed by atoms with Crippen molar-refractivity contribution in [2.45, 2.75) is 54.3 Å². The van der Waals surface area contributed by atoms with E-state index in [1.165, 1.54) is 23.0 Å². The minimum Gasteiger partial charge on any atom is -0.0903 e. The first-order valence-electron chi connectivity index (χ1n) is 5.69. The van der Waals surface area contributed by atoms with Crippen molar-refractivity contribution >= 4 is 7.28 Å². The van der Waals surface area contributed by atoms with Crippen LogP contribution in [-0.4, -0.2) is 7.28 Å². The van der Waals surface area contributed by atoms with Crippen molar-refractivity contribution < 1.29 is 0 Å². The SMILES string of the molecule is C[B]/C(=C/CC(C)C)C(CC)=C(C)C. The third-order valence-electron chi connectivity index (χ3n) is 2.43. The molecule has 0 aromatic rings. The Hall–Kier alpha value is -0.455. The van der Waals surface area contributed by atoms with Gasteiger partial charge in [0.05, 0.1) is 0 Å². The van der Waals surface area contributed by atoms with E-state index in [1.54, 1.807) is 0 Å². The van der Waals surface area contributed by atoms with Crippen molar-refractivity contribution in [2.75, 3.05) is 0 Å². The highest BCUT2D eigenvalue weighted by atomic mass is 14.0.